The molecule has 0 fully saturated rings. The number of aromatic nitrogens is 2. The molecule has 3 unspecified atom stereocenters. The number of benzene rings is 1. The molecule has 0 saturated carbocycles. The fourth-order valence-corrected chi connectivity index (χ4v) is 3.00. The number of hydrogen-bond donors (Lipinski definition) is 7. The second-order valence-electron chi connectivity index (χ2n) is 7.48. The standard InChI is InChI=1S/C21H27N7O6/c22-14(8-17(23)29)19(31)28-15(6-12-4-2-1-3-5-12)20(32)25-10-18(30)27-16(21(33)34)7-13-9-24-11-26-13/h1-5,9,11,14-16H,6-8,10,22H2,(H2,23,29)(H,24,26)(H,25,32)(H,27,30)(H,28,31)(H,33,34). The minimum absolute atomic E-state index is 0.0283. The van der Waals surface area contributed by atoms with Crippen molar-refractivity contribution in [3.63, 3.8) is 0 Å². The Labute approximate surface area is 194 Å². The lowest BCUT2D eigenvalue weighted by Crippen LogP contribution is -2.54. The molecule has 2 rings (SSSR count). The van der Waals surface area contributed by atoms with E-state index in [-0.39, 0.29) is 12.8 Å². The molecule has 0 radical (unpaired) electrons. The number of nitrogens with one attached hydrogen (secondary N) is 4. The average Bonchev–Trinajstić information content (AvgIpc) is 3.30. The van der Waals surface area contributed by atoms with Gasteiger partial charge in [-0.2, -0.15) is 0 Å². The number of H-pyrrole nitrogens is 1. The highest BCUT2D eigenvalue weighted by molar-refractivity contribution is 5.94. The Morgan fingerprint density at radius 3 is 2.29 bits per heavy atom. The van der Waals surface area contributed by atoms with Crippen molar-refractivity contribution < 1.29 is 29.1 Å². The summed E-state index contributed by atoms with van der Waals surface area (Å²) in [5.74, 6) is -4.22. The molecule has 1 heterocycles. The third-order valence-corrected chi connectivity index (χ3v) is 4.71. The number of aromatic amines is 1. The highest BCUT2D eigenvalue weighted by Crippen LogP contribution is 2.05. The molecule has 0 aliphatic heterocycles. The minimum atomic E-state index is -1.26. The number of amides is 4. The van der Waals surface area contributed by atoms with Crippen LogP contribution >= 0.6 is 0 Å². The number of carbonyl (C=O) groups excluding carboxylic acids is 4. The first-order valence-electron chi connectivity index (χ1n) is 10.3. The molecule has 1 aromatic heterocycles. The van der Waals surface area contributed by atoms with E-state index in [1.54, 1.807) is 30.3 Å². The SMILES string of the molecule is NC(=O)CC(N)C(=O)NC(Cc1ccccc1)C(=O)NCC(=O)NC(Cc1cnc[nH]1)C(=O)O. The fraction of sp³-hybridized carbons (Fsp3) is 0.333. The van der Waals surface area contributed by atoms with Crippen LogP contribution in [0.3, 0.4) is 0 Å². The highest BCUT2D eigenvalue weighted by atomic mass is 16.4. The van der Waals surface area contributed by atoms with Gasteiger partial charge in [0.2, 0.25) is 23.6 Å². The molecule has 0 aliphatic carbocycles. The lowest BCUT2D eigenvalue weighted by Gasteiger charge is -2.21. The summed E-state index contributed by atoms with van der Waals surface area (Å²) in [6.07, 6.45) is 2.47. The molecule has 13 nitrogen and oxygen atoms in total. The summed E-state index contributed by atoms with van der Waals surface area (Å²) in [6, 6.07) is 5.19. The predicted molar refractivity (Wildman–Crippen MR) is 119 cm³/mol. The molecule has 1 aromatic carbocycles. The molecule has 0 bridgehead atoms. The topological polar surface area (TPSA) is 222 Å². The minimum Gasteiger partial charge on any atom is -0.480 e. The van der Waals surface area contributed by atoms with Crippen molar-refractivity contribution in [3.8, 4) is 0 Å². The molecule has 0 spiro atoms. The van der Waals surface area contributed by atoms with Gasteiger partial charge in [-0.3, -0.25) is 19.2 Å². The van der Waals surface area contributed by atoms with Crippen LogP contribution < -0.4 is 27.4 Å². The van der Waals surface area contributed by atoms with Crippen LogP contribution in [0.5, 0.6) is 0 Å². The van der Waals surface area contributed by atoms with Crippen LogP contribution in [0, 0.1) is 0 Å². The Hall–Kier alpha value is -4.26. The molecule has 9 N–H and O–H groups in total. The number of primary amides is 1. The summed E-state index contributed by atoms with van der Waals surface area (Å²) in [4.78, 5) is 66.3. The van der Waals surface area contributed by atoms with E-state index in [1.165, 1.54) is 12.5 Å². The van der Waals surface area contributed by atoms with Crippen LogP contribution in [0.1, 0.15) is 17.7 Å². The fourth-order valence-electron chi connectivity index (χ4n) is 3.00. The van der Waals surface area contributed by atoms with Gasteiger partial charge in [-0.1, -0.05) is 30.3 Å². The van der Waals surface area contributed by atoms with Crippen LogP contribution in [-0.4, -0.2) is 69.3 Å². The molecular formula is C21H27N7O6. The number of hydrogen-bond acceptors (Lipinski definition) is 7. The van der Waals surface area contributed by atoms with Crippen molar-refractivity contribution in [3.05, 3.63) is 54.1 Å². The zero-order valence-corrected chi connectivity index (χ0v) is 18.2. The summed E-state index contributed by atoms with van der Waals surface area (Å²) in [6.45, 7) is -0.528. The van der Waals surface area contributed by atoms with Gasteiger partial charge < -0.3 is 37.5 Å². The van der Waals surface area contributed by atoms with E-state index in [1.807, 2.05) is 0 Å². The number of aliphatic carboxylic acids is 1. The van der Waals surface area contributed by atoms with E-state index in [0.717, 1.165) is 5.56 Å². The largest absolute Gasteiger partial charge is 0.480 e. The van der Waals surface area contributed by atoms with Gasteiger partial charge in [-0.05, 0) is 5.56 Å². The third kappa shape index (κ3) is 8.70. The van der Waals surface area contributed by atoms with E-state index < -0.39 is 60.7 Å². The number of imidazole rings is 1. The van der Waals surface area contributed by atoms with Gasteiger partial charge in [0.25, 0.3) is 0 Å². The summed E-state index contributed by atoms with van der Waals surface area (Å²) >= 11 is 0. The maximum atomic E-state index is 12.7. The maximum Gasteiger partial charge on any atom is 0.326 e. The van der Waals surface area contributed by atoms with Crippen molar-refractivity contribution in [2.45, 2.75) is 37.4 Å². The first-order chi connectivity index (χ1) is 16.2. The van der Waals surface area contributed by atoms with Gasteiger partial charge >= 0.3 is 5.97 Å². The molecule has 4 amide bonds. The molecule has 3 atom stereocenters. The first kappa shape index (κ1) is 26.0. The van der Waals surface area contributed by atoms with E-state index in [0.29, 0.717) is 5.69 Å². The maximum absolute atomic E-state index is 12.7. The lowest BCUT2D eigenvalue weighted by molar-refractivity contribution is -0.141. The lowest BCUT2D eigenvalue weighted by atomic mass is 10.0. The van der Waals surface area contributed by atoms with Crippen LogP contribution in [0.2, 0.25) is 0 Å². The average molecular weight is 473 g/mol. The van der Waals surface area contributed by atoms with E-state index >= 15 is 0 Å². The van der Waals surface area contributed by atoms with Gasteiger partial charge in [0.1, 0.15) is 12.1 Å². The monoisotopic (exact) mass is 473 g/mol. The Morgan fingerprint density at radius 2 is 1.71 bits per heavy atom. The second kappa shape index (κ2) is 12.7. The number of nitrogens with zero attached hydrogens (tertiary/aromatic N) is 1. The number of carboxylic acid groups (broad SMARTS) is 1. The van der Waals surface area contributed by atoms with Crippen LogP contribution in [0.4, 0.5) is 0 Å². The van der Waals surface area contributed by atoms with E-state index in [2.05, 4.69) is 25.9 Å². The van der Waals surface area contributed by atoms with Gasteiger partial charge in [-0.25, -0.2) is 9.78 Å². The zero-order valence-electron chi connectivity index (χ0n) is 18.2. The smallest absolute Gasteiger partial charge is 0.326 e. The van der Waals surface area contributed by atoms with Crippen molar-refractivity contribution in [2.24, 2.45) is 11.5 Å². The van der Waals surface area contributed by atoms with Crippen molar-refractivity contribution in [1.29, 1.82) is 0 Å². The Morgan fingerprint density at radius 1 is 1.00 bits per heavy atom. The predicted octanol–water partition coefficient (Wildman–Crippen LogP) is -2.43. The van der Waals surface area contributed by atoms with E-state index in [4.69, 9.17) is 11.5 Å². The summed E-state index contributed by atoms with van der Waals surface area (Å²) in [7, 11) is 0. The second-order valence-corrected chi connectivity index (χ2v) is 7.48. The number of carbonyl (C=O) groups is 5. The van der Waals surface area contributed by atoms with Crippen LogP contribution in [-0.2, 0) is 36.8 Å². The summed E-state index contributed by atoms with van der Waals surface area (Å²) in [5, 5.41) is 16.5. The van der Waals surface area contributed by atoms with Gasteiger partial charge in [0, 0.05) is 24.7 Å². The third-order valence-electron chi connectivity index (χ3n) is 4.71. The summed E-state index contributed by atoms with van der Waals surface area (Å²) < 4.78 is 0. The summed E-state index contributed by atoms with van der Waals surface area (Å²) in [5.41, 5.74) is 11.9. The normalized spacial score (nSPS) is 13.2. The molecular weight excluding hydrogens is 446 g/mol. The number of nitrogens with two attached hydrogens (primary N) is 2. The number of carboxylic acids is 1. The first-order valence-corrected chi connectivity index (χ1v) is 10.3. The van der Waals surface area contributed by atoms with Crippen molar-refractivity contribution in [2.75, 3.05) is 6.54 Å². The molecule has 13 heteroatoms. The highest BCUT2D eigenvalue weighted by Gasteiger charge is 2.26. The molecule has 2 aromatic rings. The van der Waals surface area contributed by atoms with Gasteiger partial charge in [0.05, 0.1) is 25.3 Å². The van der Waals surface area contributed by atoms with Crippen molar-refractivity contribution in [1.82, 2.24) is 25.9 Å². The van der Waals surface area contributed by atoms with E-state index in [9.17, 15) is 29.1 Å². The molecule has 34 heavy (non-hydrogen) atoms. The Bertz CT molecular complexity index is 996. The number of rotatable bonds is 13. The molecule has 0 aliphatic rings. The van der Waals surface area contributed by atoms with Crippen molar-refractivity contribution >= 4 is 29.6 Å². The Kier molecular flexibility index (Phi) is 9.71. The van der Waals surface area contributed by atoms with Crippen LogP contribution in [0.15, 0.2) is 42.9 Å². The molecule has 182 valence electrons. The Balaban J connectivity index is 1.99. The quantitative estimate of drug-likeness (QED) is 0.165. The van der Waals surface area contributed by atoms with Gasteiger partial charge in [0.15, 0.2) is 0 Å². The molecule has 0 saturated heterocycles. The zero-order chi connectivity index (χ0) is 25.1. The van der Waals surface area contributed by atoms with Gasteiger partial charge in [-0.15, -0.1) is 0 Å². The van der Waals surface area contributed by atoms with Crippen LogP contribution in [0.25, 0.3) is 0 Å².